The van der Waals surface area contributed by atoms with E-state index in [4.69, 9.17) is 0 Å². The standard InChI is InChI=1S/C16H15N5O/c1-12-6-2-3-7-13(12)10-17-19-16(22)11-21-15-9-5-4-8-14(15)18-20-21/h2-10H,11H2,1H3,(H,19,22)/b17-10+. The van der Waals surface area contributed by atoms with Gasteiger partial charge >= 0.3 is 0 Å². The first-order valence-corrected chi connectivity index (χ1v) is 6.90. The Hall–Kier alpha value is -3.02. The first kappa shape index (κ1) is 13.9. The van der Waals surface area contributed by atoms with Crippen molar-refractivity contribution in [2.24, 2.45) is 5.10 Å². The van der Waals surface area contributed by atoms with Gasteiger partial charge in [-0.1, -0.05) is 41.6 Å². The molecular formula is C16H15N5O. The second kappa shape index (κ2) is 6.17. The minimum absolute atomic E-state index is 0.0750. The van der Waals surface area contributed by atoms with Crippen molar-refractivity contribution in [2.75, 3.05) is 0 Å². The molecule has 0 radical (unpaired) electrons. The summed E-state index contributed by atoms with van der Waals surface area (Å²) in [5.74, 6) is -0.250. The van der Waals surface area contributed by atoms with Gasteiger partial charge in [0.2, 0.25) is 0 Å². The van der Waals surface area contributed by atoms with E-state index in [0.717, 1.165) is 22.2 Å². The molecule has 0 bridgehead atoms. The van der Waals surface area contributed by atoms with Crippen LogP contribution in [0.3, 0.4) is 0 Å². The zero-order valence-electron chi connectivity index (χ0n) is 12.1. The first-order valence-electron chi connectivity index (χ1n) is 6.90. The SMILES string of the molecule is Cc1ccccc1/C=N/NC(=O)Cn1nnc2ccccc21. The van der Waals surface area contributed by atoms with Crippen molar-refractivity contribution in [3.63, 3.8) is 0 Å². The van der Waals surface area contributed by atoms with Gasteiger partial charge in [0.15, 0.2) is 0 Å². The summed E-state index contributed by atoms with van der Waals surface area (Å²) in [6.45, 7) is 2.07. The van der Waals surface area contributed by atoms with E-state index in [1.807, 2.05) is 55.5 Å². The molecule has 0 aliphatic carbocycles. The molecule has 22 heavy (non-hydrogen) atoms. The summed E-state index contributed by atoms with van der Waals surface area (Å²) in [6.07, 6.45) is 1.63. The minimum atomic E-state index is -0.250. The van der Waals surface area contributed by atoms with Crippen LogP contribution in [0.25, 0.3) is 11.0 Å². The van der Waals surface area contributed by atoms with Crippen LogP contribution < -0.4 is 5.43 Å². The number of aryl methyl sites for hydroxylation is 1. The van der Waals surface area contributed by atoms with Gasteiger partial charge in [0.05, 0.1) is 11.7 Å². The molecule has 0 saturated carbocycles. The normalized spacial score (nSPS) is 11.1. The third kappa shape index (κ3) is 3.01. The van der Waals surface area contributed by atoms with Gasteiger partial charge in [0, 0.05) is 0 Å². The van der Waals surface area contributed by atoms with Crippen LogP contribution in [0.2, 0.25) is 0 Å². The summed E-state index contributed by atoms with van der Waals surface area (Å²) < 4.78 is 1.55. The first-order chi connectivity index (χ1) is 10.7. The molecule has 3 aromatic rings. The highest BCUT2D eigenvalue weighted by molar-refractivity contribution is 5.84. The van der Waals surface area contributed by atoms with Crippen LogP contribution in [-0.2, 0) is 11.3 Å². The molecule has 1 aromatic heterocycles. The van der Waals surface area contributed by atoms with Crippen molar-refractivity contribution in [1.29, 1.82) is 0 Å². The van der Waals surface area contributed by atoms with Gasteiger partial charge in [-0.25, -0.2) is 10.1 Å². The van der Waals surface area contributed by atoms with Crippen LogP contribution in [0.1, 0.15) is 11.1 Å². The van der Waals surface area contributed by atoms with Gasteiger partial charge in [-0.15, -0.1) is 5.10 Å². The van der Waals surface area contributed by atoms with Crippen molar-refractivity contribution < 1.29 is 4.79 Å². The fraction of sp³-hybridized carbons (Fsp3) is 0.125. The summed E-state index contributed by atoms with van der Waals surface area (Å²) in [7, 11) is 0. The molecule has 0 atom stereocenters. The highest BCUT2D eigenvalue weighted by Crippen LogP contribution is 2.09. The van der Waals surface area contributed by atoms with Crippen molar-refractivity contribution in [1.82, 2.24) is 20.4 Å². The Kier molecular flexibility index (Phi) is 3.91. The summed E-state index contributed by atoms with van der Waals surface area (Å²) in [6, 6.07) is 15.3. The maximum atomic E-state index is 11.9. The fourth-order valence-corrected chi connectivity index (χ4v) is 2.11. The Bertz CT molecular complexity index is 837. The number of carbonyl (C=O) groups is 1. The molecule has 0 spiro atoms. The Balaban J connectivity index is 1.65. The van der Waals surface area contributed by atoms with Crippen LogP contribution in [0.4, 0.5) is 0 Å². The van der Waals surface area contributed by atoms with Crippen molar-refractivity contribution in [3.05, 3.63) is 59.7 Å². The minimum Gasteiger partial charge on any atom is -0.271 e. The molecule has 6 heteroatoms. The number of benzene rings is 2. The molecule has 0 aliphatic heterocycles. The van der Waals surface area contributed by atoms with Gasteiger partial charge in [-0.05, 0) is 30.2 Å². The number of para-hydroxylation sites is 1. The zero-order valence-corrected chi connectivity index (χ0v) is 12.1. The van der Waals surface area contributed by atoms with E-state index in [1.54, 1.807) is 10.9 Å². The molecule has 1 N–H and O–H groups in total. The molecule has 0 saturated heterocycles. The predicted octanol–water partition coefficient (Wildman–Crippen LogP) is 1.89. The maximum Gasteiger partial charge on any atom is 0.261 e. The zero-order chi connectivity index (χ0) is 15.4. The number of amides is 1. The van der Waals surface area contributed by atoms with Crippen LogP contribution in [0, 0.1) is 6.92 Å². The van der Waals surface area contributed by atoms with Crippen LogP contribution in [0.15, 0.2) is 53.6 Å². The average Bonchev–Trinajstić information content (AvgIpc) is 2.92. The van der Waals surface area contributed by atoms with Gasteiger partial charge in [-0.2, -0.15) is 5.10 Å². The van der Waals surface area contributed by atoms with E-state index in [0.29, 0.717) is 0 Å². The van der Waals surface area contributed by atoms with E-state index >= 15 is 0 Å². The maximum absolute atomic E-state index is 11.9. The van der Waals surface area contributed by atoms with Gasteiger partial charge in [-0.3, -0.25) is 4.79 Å². The lowest BCUT2D eigenvalue weighted by molar-refractivity contribution is -0.121. The van der Waals surface area contributed by atoms with Gasteiger partial charge < -0.3 is 0 Å². The second-order valence-corrected chi connectivity index (χ2v) is 4.89. The average molecular weight is 293 g/mol. The summed E-state index contributed by atoms with van der Waals surface area (Å²) in [5, 5.41) is 12.0. The largest absolute Gasteiger partial charge is 0.271 e. The lowest BCUT2D eigenvalue weighted by atomic mass is 10.1. The number of aromatic nitrogens is 3. The summed E-state index contributed by atoms with van der Waals surface area (Å²) in [4.78, 5) is 11.9. The Morgan fingerprint density at radius 2 is 2.00 bits per heavy atom. The summed E-state index contributed by atoms with van der Waals surface area (Å²) in [5.41, 5.74) is 6.15. The second-order valence-electron chi connectivity index (χ2n) is 4.89. The number of hydrogen-bond donors (Lipinski definition) is 1. The molecule has 3 rings (SSSR count). The molecule has 1 amide bonds. The highest BCUT2D eigenvalue weighted by atomic mass is 16.2. The van der Waals surface area contributed by atoms with Crippen molar-refractivity contribution in [2.45, 2.75) is 13.5 Å². The smallest absolute Gasteiger partial charge is 0.261 e. The predicted molar refractivity (Wildman–Crippen MR) is 84.4 cm³/mol. The molecule has 6 nitrogen and oxygen atoms in total. The van der Waals surface area contributed by atoms with E-state index in [1.165, 1.54) is 0 Å². The molecule has 0 aliphatic rings. The topological polar surface area (TPSA) is 72.2 Å². The Labute approximate surface area is 127 Å². The Morgan fingerprint density at radius 3 is 2.86 bits per heavy atom. The lowest BCUT2D eigenvalue weighted by Crippen LogP contribution is -2.23. The molecule has 1 heterocycles. The monoisotopic (exact) mass is 293 g/mol. The quantitative estimate of drug-likeness (QED) is 0.590. The number of nitrogens with zero attached hydrogens (tertiary/aromatic N) is 4. The molecule has 110 valence electrons. The number of carbonyl (C=O) groups excluding carboxylic acids is 1. The van der Waals surface area contributed by atoms with Crippen molar-refractivity contribution in [3.8, 4) is 0 Å². The fourth-order valence-electron chi connectivity index (χ4n) is 2.11. The number of hydrazone groups is 1. The number of fused-ring (bicyclic) bond motifs is 1. The molecule has 0 unspecified atom stereocenters. The van der Waals surface area contributed by atoms with E-state index in [2.05, 4.69) is 20.8 Å². The number of hydrogen-bond acceptors (Lipinski definition) is 4. The third-order valence-electron chi connectivity index (χ3n) is 3.29. The van der Waals surface area contributed by atoms with Crippen molar-refractivity contribution >= 4 is 23.2 Å². The number of nitrogens with one attached hydrogen (secondary N) is 1. The summed E-state index contributed by atoms with van der Waals surface area (Å²) >= 11 is 0. The van der Waals surface area contributed by atoms with Crippen LogP contribution in [0.5, 0.6) is 0 Å². The highest BCUT2D eigenvalue weighted by Gasteiger charge is 2.07. The van der Waals surface area contributed by atoms with E-state index in [-0.39, 0.29) is 12.5 Å². The lowest BCUT2D eigenvalue weighted by Gasteiger charge is -2.01. The Morgan fingerprint density at radius 1 is 1.23 bits per heavy atom. The molecule has 0 fully saturated rings. The molecular weight excluding hydrogens is 278 g/mol. The molecule has 2 aromatic carbocycles. The number of rotatable bonds is 4. The van der Waals surface area contributed by atoms with E-state index in [9.17, 15) is 4.79 Å². The van der Waals surface area contributed by atoms with Crippen LogP contribution >= 0.6 is 0 Å². The van der Waals surface area contributed by atoms with Gasteiger partial charge in [0.1, 0.15) is 12.1 Å². The third-order valence-corrected chi connectivity index (χ3v) is 3.29. The van der Waals surface area contributed by atoms with E-state index < -0.39 is 0 Å². The van der Waals surface area contributed by atoms with Gasteiger partial charge in [0.25, 0.3) is 5.91 Å². The van der Waals surface area contributed by atoms with Crippen LogP contribution in [-0.4, -0.2) is 27.1 Å².